The molecule has 0 aliphatic carbocycles. The summed E-state index contributed by atoms with van der Waals surface area (Å²) in [5.74, 6) is 2.02. The maximum atomic E-state index is 13.5. The molecule has 3 rings (SSSR count). The first-order valence-electron chi connectivity index (χ1n) is 13.5. The second-order valence-electron chi connectivity index (χ2n) is 10.2. The number of hydrogen-bond acceptors (Lipinski definition) is 5. The van der Waals surface area contributed by atoms with Gasteiger partial charge in [-0.1, -0.05) is 31.4 Å². The number of amidine groups is 1. The summed E-state index contributed by atoms with van der Waals surface area (Å²) in [4.78, 5) is 31.6. The summed E-state index contributed by atoms with van der Waals surface area (Å²) in [5, 5.41) is 0. The lowest BCUT2D eigenvalue weighted by atomic mass is 10.0. The van der Waals surface area contributed by atoms with Crippen LogP contribution in [0.4, 0.5) is 0 Å². The quantitative estimate of drug-likeness (QED) is 0.365. The third kappa shape index (κ3) is 7.78. The summed E-state index contributed by atoms with van der Waals surface area (Å²) in [6.45, 7) is 25.4. The van der Waals surface area contributed by atoms with Crippen LogP contribution in [0.1, 0.15) is 49.2 Å². The van der Waals surface area contributed by atoms with Crippen molar-refractivity contribution in [2.24, 2.45) is 9.98 Å². The Bertz CT molecular complexity index is 1130. The van der Waals surface area contributed by atoms with Gasteiger partial charge in [-0.2, -0.15) is 0 Å². The van der Waals surface area contributed by atoms with Gasteiger partial charge in [0.15, 0.2) is 0 Å². The van der Waals surface area contributed by atoms with E-state index in [4.69, 9.17) is 0 Å². The third-order valence-corrected chi connectivity index (χ3v) is 6.90. The van der Waals surface area contributed by atoms with Crippen molar-refractivity contribution in [1.82, 2.24) is 19.6 Å². The van der Waals surface area contributed by atoms with Crippen LogP contribution in [0.25, 0.3) is 0 Å². The van der Waals surface area contributed by atoms with Gasteiger partial charge in [-0.15, -0.1) is 0 Å². The molecular formula is C31H44N6O. The van der Waals surface area contributed by atoms with Gasteiger partial charge in [0.25, 0.3) is 5.91 Å². The second-order valence-corrected chi connectivity index (χ2v) is 10.2. The molecule has 2 heterocycles. The van der Waals surface area contributed by atoms with Crippen molar-refractivity contribution in [3.05, 3.63) is 83.4 Å². The van der Waals surface area contributed by atoms with Gasteiger partial charge in [0.2, 0.25) is 0 Å². The van der Waals surface area contributed by atoms with Crippen LogP contribution in [0.15, 0.2) is 76.7 Å². The predicted molar refractivity (Wildman–Crippen MR) is 160 cm³/mol. The van der Waals surface area contributed by atoms with Crippen molar-refractivity contribution in [2.45, 2.75) is 41.2 Å². The molecule has 2 fully saturated rings. The highest BCUT2D eigenvalue weighted by Gasteiger charge is 2.25. The molecule has 2 saturated heterocycles. The molecule has 1 aromatic rings. The molecule has 7 nitrogen and oxygen atoms in total. The molecule has 38 heavy (non-hydrogen) atoms. The molecule has 0 spiro atoms. The van der Waals surface area contributed by atoms with Crippen molar-refractivity contribution in [1.29, 1.82) is 0 Å². The van der Waals surface area contributed by atoms with Crippen LogP contribution in [0.5, 0.6) is 0 Å². The highest BCUT2D eigenvalue weighted by molar-refractivity contribution is 5.97. The zero-order valence-corrected chi connectivity index (χ0v) is 23.9. The molecule has 2 aliphatic rings. The van der Waals surface area contributed by atoms with E-state index in [1.807, 2.05) is 57.9 Å². The fourth-order valence-electron chi connectivity index (χ4n) is 4.80. The number of aliphatic imine (C=N–C) groups is 2. The van der Waals surface area contributed by atoms with E-state index in [0.29, 0.717) is 13.1 Å². The summed E-state index contributed by atoms with van der Waals surface area (Å²) in [7, 11) is 0. The first kappa shape index (κ1) is 29.1. The number of benzene rings is 1. The molecule has 0 saturated carbocycles. The maximum Gasteiger partial charge on any atom is 0.254 e. The van der Waals surface area contributed by atoms with Crippen LogP contribution in [-0.4, -0.2) is 89.9 Å². The average Bonchev–Trinajstić information content (AvgIpc) is 2.91. The number of aryl methyl sites for hydroxylation is 1. The number of carbonyl (C=O) groups excluding carboxylic acids is 1. The predicted octanol–water partition coefficient (Wildman–Crippen LogP) is 4.89. The fourth-order valence-corrected chi connectivity index (χ4v) is 4.80. The van der Waals surface area contributed by atoms with E-state index in [1.54, 1.807) is 6.21 Å². The van der Waals surface area contributed by atoms with E-state index >= 15 is 0 Å². The minimum Gasteiger partial charge on any atom is -0.354 e. The standard InChI is InChI=1S/C31H44N6O/c1-8-12-32-30(25(5)6)36-15-13-34(14-16-36)23-27-11-10-26(7)28(21-27)31(38)37-19-17-35(18-20-37)29(9-2)33-22-24(3)4/h8-12,21-22H,3,5,13-20,23H2,1-2,4,6-7H3/b12-8-,29-9+,32-30?,33-22-. The summed E-state index contributed by atoms with van der Waals surface area (Å²) in [5.41, 5.74) is 4.92. The van der Waals surface area contributed by atoms with E-state index in [1.165, 1.54) is 5.56 Å². The van der Waals surface area contributed by atoms with Crippen molar-refractivity contribution < 1.29 is 4.79 Å². The smallest absolute Gasteiger partial charge is 0.254 e. The average molecular weight is 517 g/mol. The van der Waals surface area contributed by atoms with E-state index < -0.39 is 0 Å². The second kappa shape index (κ2) is 13.9. The summed E-state index contributed by atoms with van der Waals surface area (Å²) in [6, 6.07) is 6.33. The normalized spacial score (nSPS) is 18.1. The van der Waals surface area contributed by atoms with Crippen LogP contribution in [-0.2, 0) is 6.54 Å². The Balaban J connectivity index is 1.60. The molecule has 0 N–H and O–H groups in total. The lowest BCUT2D eigenvalue weighted by Crippen LogP contribution is -2.48. The molecular weight excluding hydrogens is 472 g/mol. The summed E-state index contributed by atoms with van der Waals surface area (Å²) in [6.07, 6.45) is 7.57. The molecule has 1 amide bonds. The van der Waals surface area contributed by atoms with Crippen LogP contribution in [0, 0.1) is 6.92 Å². The van der Waals surface area contributed by atoms with Crippen LogP contribution in [0.2, 0.25) is 0 Å². The van der Waals surface area contributed by atoms with Gasteiger partial charge >= 0.3 is 0 Å². The van der Waals surface area contributed by atoms with Crippen molar-refractivity contribution >= 4 is 18.0 Å². The van der Waals surface area contributed by atoms with Gasteiger partial charge < -0.3 is 14.7 Å². The number of rotatable bonds is 8. The Morgan fingerprint density at radius 1 is 0.947 bits per heavy atom. The summed E-state index contributed by atoms with van der Waals surface area (Å²) >= 11 is 0. The monoisotopic (exact) mass is 516 g/mol. The number of allylic oxidation sites excluding steroid dienone is 3. The van der Waals surface area contributed by atoms with Gasteiger partial charge in [0, 0.05) is 76.9 Å². The fraction of sp³-hybridized carbons (Fsp3) is 0.452. The number of piperazine rings is 2. The SMILES string of the molecule is C=C(C)/C=N\C(=C/C)N1CCN(C(=O)c2cc(CN3CCN(C(=N/C=C\C)C(=C)C)CC3)ccc2C)CC1. The van der Waals surface area contributed by atoms with Gasteiger partial charge in [0.05, 0.1) is 0 Å². The molecule has 2 aliphatic heterocycles. The maximum absolute atomic E-state index is 13.5. The number of nitrogens with zero attached hydrogens (tertiary/aromatic N) is 6. The molecule has 0 unspecified atom stereocenters. The Hall–Kier alpha value is -3.45. The van der Waals surface area contributed by atoms with Crippen molar-refractivity contribution in [3.8, 4) is 0 Å². The first-order valence-corrected chi connectivity index (χ1v) is 13.5. The van der Waals surface area contributed by atoms with E-state index in [0.717, 1.165) is 79.7 Å². The van der Waals surface area contributed by atoms with Gasteiger partial charge in [-0.05, 0) is 69.0 Å². The molecule has 0 aromatic heterocycles. The lowest BCUT2D eigenvalue weighted by Gasteiger charge is -2.37. The Kier molecular flexibility index (Phi) is 10.7. The van der Waals surface area contributed by atoms with Crippen molar-refractivity contribution in [2.75, 3.05) is 52.4 Å². The highest BCUT2D eigenvalue weighted by Crippen LogP contribution is 2.19. The molecule has 0 radical (unpaired) electrons. The Morgan fingerprint density at radius 2 is 1.58 bits per heavy atom. The lowest BCUT2D eigenvalue weighted by molar-refractivity contribution is 0.0667. The Morgan fingerprint density at radius 3 is 2.16 bits per heavy atom. The first-order chi connectivity index (χ1) is 18.2. The molecule has 1 aromatic carbocycles. The highest BCUT2D eigenvalue weighted by atomic mass is 16.2. The molecule has 0 bridgehead atoms. The molecule has 204 valence electrons. The summed E-state index contributed by atoms with van der Waals surface area (Å²) < 4.78 is 0. The number of hydrogen-bond donors (Lipinski definition) is 0. The Labute approximate surface area is 229 Å². The van der Waals surface area contributed by atoms with Crippen LogP contribution >= 0.6 is 0 Å². The number of amides is 1. The van der Waals surface area contributed by atoms with E-state index in [9.17, 15) is 4.79 Å². The zero-order chi connectivity index (χ0) is 27.7. The number of carbonyl (C=O) groups is 1. The van der Waals surface area contributed by atoms with Gasteiger partial charge in [0.1, 0.15) is 11.7 Å². The van der Waals surface area contributed by atoms with E-state index in [-0.39, 0.29) is 5.91 Å². The largest absolute Gasteiger partial charge is 0.354 e. The molecule has 0 atom stereocenters. The van der Waals surface area contributed by atoms with Crippen LogP contribution < -0.4 is 0 Å². The topological polar surface area (TPSA) is 54.8 Å². The third-order valence-electron chi connectivity index (χ3n) is 6.90. The minimum atomic E-state index is 0.118. The van der Waals surface area contributed by atoms with E-state index in [2.05, 4.69) is 56.0 Å². The minimum absolute atomic E-state index is 0.118. The van der Waals surface area contributed by atoms with Gasteiger partial charge in [-0.25, -0.2) is 9.98 Å². The van der Waals surface area contributed by atoms with Crippen molar-refractivity contribution in [3.63, 3.8) is 0 Å². The zero-order valence-electron chi connectivity index (χ0n) is 23.9. The van der Waals surface area contributed by atoms with Crippen LogP contribution in [0.3, 0.4) is 0 Å². The molecule has 7 heteroatoms. The van der Waals surface area contributed by atoms with Gasteiger partial charge in [-0.3, -0.25) is 9.69 Å².